The first-order valence-corrected chi connectivity index (χ1v) is 0.996. The fourth-order valence-electron chi connectivity index (χ4n) is 0. The Balaban J connectivity index is -0.0000000200. The maximum atomic E-state index is 8.93. The van der Waals surface area contributed by atoms with Gasteiger partial charge in [0.1, 0.15) is 0 Å². The largest absolute Gasteiger partial charge is 2.00 e. The van der Waals surface area contributed by atoms with Crippen molar-refractivity contribution in [1.82, 2.24) is 0 Å². The molecule has 0 radical (unpaired) electrons. The predicted molar refractivity (Wildman–Crippen MR) is 10.5 cm³/mol. The van der Waals surface area contributed by atoms with Crippen molar-refractivity contribution in [1.29, 1.82) is 0 Å². The van der Waals surface area contributed by atoms with Gasteiger partial charge in [-0.15, -0.1) is 6.61 Å². The molecule has 3 heteroatoms. The van der Waals surface area contributed by atoms with Crippen molar-refractivity contribution in [3.05, 3.63) is 0 Å². The third-order valence-electron chi connectivity index (χ3n) is 0. The first-order chi connectivity index (χ1) is 1.41. The number of halogens is 1. The van der Waals surface area contributed by atoms with Gasteiger partial charge in [-0.1, -0.05) is 6.92 Å². The van der Waals surface area contributed by atoms with Crippen LogP contribution in [0.15, 0.2) is 0 Å². The molecule has 0 rings (SSSR count). The molecule has 0 aromatic carbocycles. The molecular formula is C2H5ClOZr. The van der Waals surface area contributed by atoms with E-state index >= 15 is 0 Å². The molecule has 0 aromatic rings. The molecule has 0 saturated heterocycles. The zero-order chi connectivity index (χ0) is 2.71. The van der Waals surface area contributed by atoms with Crippen molar-refractivity contribution >= 4 is 0 Å². The van der Waals surface area contributed by atoms with Gasteiger partial charge in [0, 0.05) is 0 Å². The average Bonchev–Trinajstić information content (AvgIpc) is 0.918. The normalized spacial score (nSPS) is 3.60. The van der Waals surface area contributed by atoms with Crippen molar-refractivity contribution in [3.8, 4) is 0 Å². The van der Waals surface area contributed by atoms with Gasteiger partial charge in [-0.25, -0.2) is 0 Å². The number of rotatable bonds is 0. The van der Waals surface area contributed by atoms with Crippen LogP contribution in [-0.2, 0) is 26.2 Å². The number of hydrogen-bond acceptors (Lipinski definition) is 1. The summed E-state index contributed by atoms with van der Waals surface area (Å²) in [4.78, 5) is 0. The van der Waals surface area contributed by atoms with Crippen LogP contribution in [0.25, 0.3) is 0 Å². The van der Waals surface area contributed by atoms with Gasteiger partial charge in [0.05, 0.1) is 0 Å². The zero-order valence-corrected chi connectivity index (χ0v) is 6.21. The molecule has 0 unspecified atom stereocenters. The third-order valence-corrected chi connectivity index (χ3v) is 0. The van der Waals surface area contributed by atoms with E-state index in [1.165, 1.54) is 0 Å². The van der Waals surface area contributed by atoms with Gasteiger partial charge < -0.3 is 17.5 Å². The van der Waals surface area contributed by atoms with E-state index in [0.29, 0.717) is 0 Å². The van der Waals surface area contributed by atoms with E-state index in [1.807, 2.05) is 0 Å². The van der Waals surface area contributed by atoms with Crippen LogP contribution in [0.1, 0.15) is 6.92 Å². The monoisotopic (exact) mass is 170 g/mol. The Morgan fingerprint density at radius 1 is 1.60 bits per heavy atom. The number of hydrogen-bond donors (Lipinski definition) is 0. The first kappa shape index (κ1) is 16.5. The minimum Gasteiger partial charge on any atom is -1.00 e. The van der Waals surface area contributed by atoms with E-state index in [0.717, 1.165) is 0 Å². The molecule has 0 atom stereocenters. The predicted octanol–water partition coefficient (Wildman–Crippen LogP) is -3.63. The van der Waals surface area contributed by atoms with E-state index in [1.54, 1.807) is 6.92 Å². The summed E-state index contributed by atoms with van der Waals surface area (Å²) >= 11 is 0. The van der Waals surface area contributed by atoms with Gasteiger partial charge >= 0.3 is 26.2 Å². The Labute approximate surface area is 57.3 Å². The fraction of sp³-hybridized carbons (Fsp3) is 1.00. The molecule has 0 fully saturated rings. The Morgan fingerprint density at radius 2 is 1.60 bits per heavy atom. The molecular weight excluding hydrogens is 167 g/mol. The average molecular weight is 172 g/mol. The van der Waals surface area contributed by atoms with E-state index in [4.69, 9.17) is 5.11 Å². The van der Waals surface area contributed by atoms with Crippen LogP contribution in [-0.4, -0.2) is 6.61 Å². The second kappa shape index (κ2) is 19.3. The van der Waals surface area contributed by atoms with Crippen molar-refractivity contribution in [2.24, 2.45) is 0 Å². The molecule has 0 heterocycles. The van der Waals surface area contributed by atoms with Gasteiger partial charge in [-0.3, -0.25) is 0 Å². The van der Waals surface area contributed by atoms with E-state index in [2.05, 4.69) is 0 Å². The molecule has 1 nitrogen and oxygen atoms in total. The zero-order valence-electron chi connectivity index (χ0n) is 2.99. The summed E-state index contributed by atoms with van der Waals surface area (Å²) in [6.45, 7) is 1.57. The molecule has 0 bridgehead atoms. The molecule has 0 saturated carbocycles. The van der Waals surface area contributed by atoms with Crippen LogP contribution in [0.4, 0.5) is 0 Å². The molecule has 30 valence electrons. The topological polar surface area (TPSA) is 23.1 Å². The van der Waals surface area contributed by atoms with E-state index in [9.17, 15) is 0 Å². The first-order valence-electron chi connectivity index (χ1n) is 0.996. The minimum absolute atomic E-state index is 0. The van der Waals surface area contributed by atoms with Gasteiger partial charge in [-0.2, -0.15) is 0 Å². The molecule has 0 aromatic heterocycles. The third kappa shape index (κ3) is 39.2. The maximum absolute atomic E-state index is 8.93. The van der Waals surface area contributed by atoms with Gasteiger partial charge in [0.2, 0.25) is 0 Å². The summed E-state index contributed by atoms with van der Waals surface area (Å²) < 4.78 is 0. The summed E-state index contributed by atoms with van der Waals surface area (Å²) in [5.74, 6) is 0. The molecule has 0 aliphatic heterocycles. The minimum atomic E-state index is 0. The Morgan fingerprint density at radius 3 is 1.60 bits per heavy atom. The summed E-state index contributed by atoms with van der Waals surface area (Å²) in [5, 5.41) is 8.93. The maximum Gasteiger partial charge on any atom is 2.00 e. The standard InChI is InChI=1S/C2H5O.ClH.Zr/c1-2-3;;/h2H2,1H3;1H;/q-1;;+2/p-1. The van der Waals surface area contributed by atoms with Crippen LogP contribution >= 0.6 is 0 Å². The van der Waals surface area contributed by atoms with Crippen LogP contribution in [0.5, 0.6) is 0 Å². The molecule has 5 heavy (non-hydrogen) atoms. The van der Waals surface area contributed by atoms with E-state index in [-0.39, 0.29) is 45.2 Å². The SMILES string of the molecule is CC[O-].[Cl-].[Zr+2]. The molecule has 0 aliphatic rings. The summed E-state index contributed by atoms with van der Waals surface area (Å²) in [7, 11) is 0. The van der Waals surface area contributed by atoms with Crippen molar-refractivity contribution in [3.63, 3.8) is 0 Å². The van der Waals surface area contributed by atoms with E-state index < -0.39 is 0 Å². The van der Waals surface area contributed by atoms with Crippen LogP contribution in [0.3, 0.4) is 0 Å². The van der Waals surface area contributed by atoms with Gasteiger partial charge in [0.15, 0.2) is 0 Å². The molecule has 0 aliphatic carbocycles. The van der Waals surface area contributed by atoms with Crippen molar-refractivity contribution in [2.45, 2.75) is 6.92 Å². The summed E-state index contributed by atoms with van der Waals surface area (Å²) in [5.41, 5.74) is 0. The van der Waals surface area contributed by atoms with Crippen LogP contribution in [0, 0.1) is 0 Å². The van der Waals surface area contributed by atoms with Crippen LogP contribution < -0.4 is 17.5 Å². The Bertz CT molecular complexity index is 9.61. The Kier molecular flexibility index (Phi) is 63.4. The summed E-state index contributed by atoms with van der Waals surface area (Å²) in [6, 6.07) is 0. The second-order valence-electron chi connectivity index (χ2n) is 0.289. The van der Waals surface area contributed by atoms with Crippen LogP contribution in [0.2, 0.25) is 0 Å². The summed E-state index contributed by atoms with van der Waals surface area (Å²) in [6.07, 6.45) is 0. The van der Waals surface area contributed by atoms with Crippen molar-refractivity contribution in [2.75, 3.05) is 6.61 Å². The quantitative estimate of drug-likeness (QED) is 0.369. The van der Waals surface area contributed by atoms with Gasteiger partial charge in [-0.05, 0) is 0 Å². The van der Waals surface area contributed by atoms with Gasteiger partial charge in [0.25, 0.3) is 0 Å². The molecule has 0 N–H and O–H groups in total. The Hall–Kier alpha value is 1.13. The fourth-order valence-corrected chi connectivity index (χ4v) is 0. The van der Waals surface area contributed by atoms with Crippen molar-refractivity contribution < 1.29 is 43.7 Å². The smallest absolute Gasteiger partial charge is 1.00 e. The molecule has 0 amide bonds. The molecule has 0 spiro atoms. The second-order valence-corrected chi connectivity index (χ2v) is 0.289.